The summed E-state index contributed by atoms with van der Waals surface area (Å²) < 4.78 is 13.0. The summed E-state index contributed by atoms with van der Waals surface area (Å²) in [4.78, 5) is 24.9. The van der Waals surface area contributed by atoms with Gasteiger partial charge in [0, 0.05) is 13.2 Å². The van der Waals surface area contributed by atoms with Gasteiger partial charge in [-0.2, -0.15) is 0 Å². The van der Waals surface area contributed by atoms with Gasteiger partial charge < -0.3 is 4.90 Å². The van der Waals surface area contributed by atoms with E-state index < -0.39 is 11.7 Å². The van der Waals surface area contributed by atoms with Gasteiger partial charge in [0.25, 0.3) is 0 Å². The summed E-state index contributed by atoms with van der Waals surface area (Å²) in [5, 5.41) is -0.00731. The number of benzene rings is 1. The Kier molecular flexibility index (Phi) is 3.48. The van der Waals surface area contributed by atoms with Crippen LogP contribution in [-0.4, -0.2) is 23.6 Å². The van der Waals surface area contributed by atoms with Crippen LogP contribution in [0.1, 0.15) is 5.56 Å². The van der Waals surface area contributed by atoms with Crippen molar-refractivity contribution in [3.05, 3.63) is 46.9 Å². The number of carbonyl (C=O) groups excluding carboxylic acids is 2. The second kappa shape index (κ2) is 4.90. The van der Waals surface area contributed by atoms with Crippen molar-refractivity contribution < 1.29 is 14.0 Å². The molecule has 1 heterocycles. The summed E-state index contributed by atoms with van der Waals surface area (Å²) in [6.45, 7) is 0. The highest BCUT2D eigenvalue weighted by Gasteiger charge is 2.30. The lowest BCUT2D eigenvalue weighted by atomic mass is 9.92. The van der Waals surface area contributed by atoms with Gasteiger partial charge in [0.15, 0.2) is 5.78 Å². The van der Waals surface area contributed by atoms with E-state index in [0.717, 1.165) is 0 Å². The Morgan fingerprint density at radius 2 is 2.11 bits per heavy atom. The van der Waals surface area contributed by atoms with Crippen molar-refractivity contribution in [3.8, 4) is 0 Å². The van der Waals surface area contributed by atoms with E-state index in [1.807, 2.05) is 0 Å². The Hall–Kier alpha value is -1.68. The zero-order valence-corrected chi connectivity index (χ0v) is 10.4. The maximum absolute atomic E-state index is 13.0. The number of nitrogens with zero attached hydrogens (tertiary/aromatic N) is 1. The maximum Gasteiger partial charge on any atom is 0.237 e. The van der Waals surface area contributed by atoms with Crippen LogP contribution in [0, 0.1) is 11.7 Å². The normalized spacial score (nSPS) is 19.5. The van der Waals surface area contributed by atoms with Gasteiger partial charge in [-0.15, -0.1) is 0 Å². The molecule has 0 saturated heterocycles. The molecule has 1 amide bonds. The molecule has 0 aliphatic carbocycles. The lowest BCUT2D eigenvalue weighted by Gasteiger charge is -2.23. The van der Waals surface area contributed by atoms with Crippen molar-refractivity contribution >= 4 is 23.3 Å². The van der Waals surface area contributed by atoms with Crippen molar-refractivity contribution in [2.75, 3.05) is 7.05 Å². The zero-order chi connectivity index (χ0) is 13.3. The van der Waals surface area contributed by atoms with E-state index in [1.54, 1.807) is 7.05 Å². The van der Waals surface area contributed by atoms with E-state index in [2.05, 4.69) is 0 Å². The number of allylic oxidation sites excluding steroid dienone is 1. The van der Waals surface area contributed by atoms with E-state index in [9.17, 15) is 14.0 Å². The van der Waals surface area contributed by atoms with Crippen molar-refractivity contribution in [2.24, 2.45) is 5.92 Å². The summed E-state index contributed by atoms with van der Waals surface area (Å²) in [6, 6.07) is 4.20. The molecular weight excluding hydrogens is 257 g/mol. The second-order valence-electron chi connectivity index (χ2n) is 4.17. The van der Waals surface area contributed by atoms with Gasteiger partial charge in [0.05, 0.1) is 5.02 Å². The largest absolute Gasteiger partial charge is 0.321 e. The third-order valence-electron chi connectivity index (χ3n) is 2.88. The minimum atomic E-state index is -0.749. The quantitative estimate of drug-likeness (QED) is 0.771. The molecule has 0 radical (unpaired) electrons. The van der Waals surface area contributed by atoms with Crippen molar-refractivity contribution in [1.82, 2.24) is 4.90 Å². The van der Waals surface area contributed by atoms with Gasteiger partial charge in [-0.1, -0.05) is 17.7 Å². The molecule has 1 unspecified atom stereocenters. The highest BCUT2D eigenvalue weighted by molar-refractivity contribution is 6.30. The van der Waals surface area contributed by atoms with Crippen molar-refractivity contribution in [3.63, 3.8) is 0 Å². The van der Waals surface area contributed by atoms with Crippen LogP contribution < -0.4 is 0 Å². The Morgan fingerprint density at radius 1 is 1.39 bits per heavy atom. The maximum atomic E-state index is 13.0. The molecule has 5 heteroatoms. The Bertz CT molecular complexity index is 542. The fourth-order valence-electron chi connectivity index (χ4n) is 1.83. The van der Waals surface area contributed by atoms with Crippen LogP contribution in [-0.2, 0) is 16.0 Å². The fraction of sp³-hybridized carbons (Fsp3) is 0.231. The molecule has 0 bridgehead atoms. The van der Waals surface area contributed by atoms with Crippen LogP contribution in [0.25, 0.3) is 0 Å². The lowest BCUT2D eigenvalue weighted by molar-refractivity contribution is -0.138. The number of hydrogen-bond acceptors (Lipinski definition) is 2. The molecular formula is C13H11ClFNO2. The number of hydrogen-bond donors (Lipinski definition) is 0. The lowest BCUT2D eigenvalue weighted by Crippen LogP contribution is -2.38. The first-order valence-electron chi connectivity index (χ1n) is 5.41. The minimum absolute atomic E-state index is 0.00731. The molecule has 1 atom stereocenters. The van der Waals surface area contributed by atoms with Crippen molar-refractivity contribution in [1.29, 1.82) is 0 Å². The summed E-state index contributed by atoms with van der Waals surface area (Å²) in [5.41, 5.74) is 0.664. The molecule has 3 nitrogen and oxygen atoms in total. The summed E-state index contributed by atoms with van der Waals surface area (Å²) in [6.07, 6.45) is 3.04. The SMILES string of the molecule is CN1C=CC(=O)C(Cc2ccc(F)c(Cl)c2)C1=O. The summed E-state index contributed by atoms with van der Waals surface area (Å²) >= 11 is 5.66. The van der Waals surface area contributed by atoms with Gasteiger partial charge in [0.2, 0.25) is 5.91 Å². The zero-order valence-electron chi connectivity index (χ0n) is 9.69. The first-order chi connectivity index (χ1) is 8.49. The predicted octanol–water partition coefficient (Wildman–Crippen LogP) is 2.19. The fourth-order valence-corrected chi connectivity index (χ4v) is 2.04. The monoisotopic (exact) mass is 267 g/mol. The highest BCUT2D eigenvalue weighted by atomic mass is 35.5. The number of amides is 1. The van der Waals surface area contributed by atoms with Gasteiger partial charge in [0.1, 0.15) is 11.7 Å². The topological polar surface area (TPSA) is 37.4 Å². The summed E-state index contributed by atoms with van der Waals surface area (Å²) in [5.74, 6) is -1.76. The molecule has 1 aliphatic rings. The van der Waals surface area contributed by atoms with Crippen LogP contribution in [0.15, 0.2) is 30.5 Å². The van der Waals surface area contributed by atoms with E-state index >= 15 is 0 Å². The minimum Gasteiger partial charge on any atom is -0.321 e. The third-order valence-corrected chi connectivity index (χ3v) is 3.17. The standard InChI is InChI=1S/C13H11ClFNO2/c1-16-5-4-12(17)9(13(16)18)6-8-2-3-11(15)10(14)7-8/h2-5,7,9H,6H2,1H3. The van der Waals surface area contributed by atoms with Crippen LogP contribution in [0.4, 0.5) is 4.39 Å². The molecule has 94 valence electrons. The molecule has 0 N–H and O–H groups in total. The Labute approximate surface area is 109 Å². The first kappa shape index (κ1) is 12.8. The molecule has 2 rings (SSSR count). The number of carbonyl (C=O) groups is 2. The smallest absolute Gasteiger partial charge is 0.237 e. The molecule has 18 heavy (non-hydrogen) atoms. The molecule has 1 aromatic carbocycles. The van der Waals surface area contributed by atoms with Crippen LogP contribution in [0.5, 0.6) is 0 Å². The average Bonchev–Trinajstić information content (AvgIpc) is 2.34. The number of ketones is 1. The molecule has 0 saturated carbocycles. The molecule has 1 aliphatic heterocycles. The Balaban J connectivity index is 2.22. The van der Waals surface area contributed by atoms with Gasteiger partial charge in [-0.05, 0) is 30.2 Å². The van der Waals surface area contributed by atoms with Crippen LogP contribution >= 0.6 is 11.6 Å². The summed E-state index contributed by atoms with van der Waals surface area (Å²) in [7, 11) is 1.59. The number of rotatable bonds is 2. The molecule has 0 fully saturated rings. The molecule has 0 spiro atoms. The van der Waals surface area contributed by atoms with E-state index in [1.165, 1.54) is 35.4 Å². The van der Waals surface area contributed by atoms with E-state index in [0.29, 0.717) is 5.56 Å². The van der Waals surface area contributed by atoms with Gasteiger partial charge >= 0.3 is 0 Å². The first-order valence-corrected chi connectivity index (χ1v) is 5.79. The van der Waals surface area contributed by atoms with E-state index in [4.69, 9.17) is 11.6 Å². The van der Waals surface area contributed by atoms with Crippen LogP contribution in [0.3, 0.4) is 0 Å². The van der Waals surface area contributed by atoms with Crippen LogP contribution in [0.2, 0.25) is 5.02 Å². The predicted molar refractivity (Wildman–Crippen MR) is 65.5 cm³/mol. The third kappa shape index (κ3) is 2.43. The van der Waals surface area contributed by atoms with Gasteiger partial charge in [-0.25, -0.2) is 4.39 Å². The molecule has 1 aromatic rings. The van der Waals surface area contributed by atoms with Gasteiger partial charge in [-0.3, -0.25) is 9.59 Å². The number of halogens is 2. The van der Waals surface area contributed by atoms with Crippen molar-refractivity contribution in [2.45, 2.75) is 6.42 Å². The highest BCUT2D eigenvalue weighted by Crippen LogP contribution is 2.21. The molecule has 0 aromatic heterocycles. The average molecular weight is 268 g/mol. The Morgan fingerprint density at radius 3 is 2.78 bits per heavy atom. The van der Waals surface area contributed by atoms with E-state index in [-0.39, 0.29) is 23.1 Å². The second-order valence-corrected chi connectivity index (χ2v) is 4.58.